The monoisotopic (exact) mass is 382 g/mol. The van der Waals surface area contributed by atoms with Gasteiger partial charge in [0.2, 0.25) is 5.91 Å². The van der Waals surface area contributed by atoms with Crippen LogP contribution in [0.15, 0.2) is 42.5 Å². The predicted molar refractivity (Wildman–Crippen MR) is 107 cm³/mol. The number of aromatic nitrogens is 2. The van der Waals surface area contributed by atoms with Gasteiger partial charge in [-0.15, -0.1) is 0 Å². The first-order chi connectivity index (χ1) is 13.2. The molecule has 1 aliphatic heterocycles. The quantitative estimate of drug-likeness (QED) is 0.709. The fraction of sp³-hybridized carbons (Fsp3) is 0.350. The number of fused-ring (bicyclic) bond motifs is 1. The Morgan fingerprint density at radius 1 is 1.19 bits per heavy atom. The highest BCUT2D eigenvalue weighted by molar-refractivity contribution is 7.00. The van der Waals surface area contributed by atoms with Gasteiger partial charge >= 0.3 is 0 Å². The van der Waals surface area contributed by atoms with Crippen LogP contribution >= 0.6 is 11.7 Å². The van der Waals surface area contributed by atoms with Gasteiger partial charge in [-0.1, -0.05) is 24.3 Å². The number of rotatable bonds is 5. The summed E-state index contributed by atoms with van der Waals surface area (Å²) in [4.78, 5) is 14.8. The number of carbonyl (C=O) groups excluding carboxylic acids is 1. The van der Waals surface area contributed by atoms with Gasteiger partial charge in [-0.25, -0.2) is 0 Å². The molecule has 0 atom stereocenters. The maximum Gasteiger partial charge on any atom is 0.228 e. The second kappa shape index (κ2) is 8.12. The number of hydrogen-bond acceptors (Lipinski definition) is 6. The summed E-state index contributed by atoms with van der Waals surface area (Å²) in [6, 6.07) is 13.7. The largest absolute Gasteiger partial charge is 0.393 e. The zero-order valence-corrected chi connectivity index (χ0v) is 15.8. The fourth-order valence-corrected chi connectivity index (χ4v) is 4.03. The highest BCUT2D eigenvalue weighted by Crippen LogP contribution is 2.19. The van der Waals surface area contributed by atoms with E-state index >= 15 is 0 Å². The molecule has 6 nitrogen and oxygen atoms in total. The second-order valence-corrected chi connectivity index (χ2v) is 7.51. The average molecular weight is 382 g/mol. The molecule has 0 spiro atoms. The molecule has 0 radical (unpaired) electrons. The maximum absolute atomic E-state index is 12.5. The molecule has 1 saturated heterocycles. The number of likely N-dealkylation sites (tertiary alicyclic amines) is 1. The van der Waals surface area contributed by atoms with Gasteiger partial charge in [-0.3, -0.25) is 9.69 Å². The number of aliphatic hydroxyl groups is 1. The number of carbonyl (C=O) groups is 1. The average Bonchev–Trinajstić information content (AvgIpc) is 3.14. The molecule has 27 heavy (non-hydrogen) atoms. The van der Waals surface area contributed by atoms with Gasteiger partial charge in [0.1, 0.15) is 11.0 Å². The molecule has 2 heterocycles. The summed E-state index contributed by atoms with van der Waals surface area (Å²) in [5.41, 5.74) is 4.49. The first-order valence-electron chi connectivity index (χ1n) is 9.17. The van der Waals surface area contributed by atoms with Gasteiger partial charge in [0.15, 0.2) is 0 Å². The first kappa shape index (κ1) is 18.0. The summed E-state index contributed by atoms with van der Waals surface area (Å²) in [5, 5.41) is 12.6. The van der Waals surface area contributed by atoms with Crippen molar-refractivity contribution in [2.75, 3.05) is 18.4 Å². The molecule has 1 fully saturated rings. The molecule has 2 aromatic carbocycles. The van der Waals surface area contributed by atoms with Crippen LogP contribution < -0.4 is 5.32 Å². The topological polar surface area (TPSA) is 78.4 Å². The van der Waals surface area contributed by atoms with E-state index in [1.807, 2.05) is 36.4 Å². The third-order valence-electron chi connectivity index (χ3n) is 4.89. The molecule has 140 valence electrons. The van der Waals surface area contributed by atoms with E-state index in [0.29, 0.717) is 0 Å². The minimum absolute atomic E-state index is 0.0613. The van der Waals surface area contributed by atoms with Crippen LogP contribution in [0.25, 0.3) is 11.0 Å². The molecule has 3 aromatic rings. The van der Waals surface area contributed by atoms with Crippen LogP contribution in [0.1, 0.15) is 24.0 Å². The molecule has 1 aromatic heterocycles. The Labute approximate surface area is 162 Å². The maximum atomic E-state index is 12.5. The first-order valence-corrected chi connectivity index (χ1v) is 9.90. The number of piperidine rings is 1. The van der Waals surface area contributed by atoms with E-state index in [1.165, 1.54) is 0 Å². The number of nitrogens with zero attached hydrogens (tertiary/aromatic N) is 3. The van der Waals surface area contributed by atoms with Crippen LogP contribution in [0, 0.1) is 0 Å². The zero-order valence-electron chi connectivity index (χ0n) is 15.0. The molecule has 0 bridgehead atoms. The lowest BCUT2D eigenvalue weighted by Crippen LogP contribution is -2.35. The Kier molecular flexibility index (Phi) is 5.42. The number of benzene rings is 2. The summed E-state index contributed by atoms with van der Waals surface area (Å²) < 4.78 is 8.51. The molecule has 1 aliphatic rings. The van der Waals surface area contributed by atoms with Crippen LogP contribution in [0.2, 0.25) is 0 Å². The van der Waals surface area contributed by atoms with Crippen molar-refractivity contribution in [2.45, 2.75) is 31.9 Å². The van der Waals surface area contributed by atoms with Crippen molar-refractivity contribution < 1.29 is 9.90 Å². The van der Waals surface area contributed by atoms with Crippen molar-refractivity contribution in [3.63, 3.8) is 0 Å². The molecule has 0 aliphatic carbocycles. The second-order valence-electron chi connectivity index (χ2n) is 6.98. The fourth-order valence-electron chi connectivity index (χ4n) is 3.47. The van der Waals surface area contributed by atoms with Crippen molar-refractivity contribution in [2.24, 2.45) is 0 Å². The van der Waals surface area contributed by atoms with Gasteiger partial charge in [-0.05, 0) is 42.2 Å². The Morgan fingerprint density at radius 2 is 2.00 bits per heavy atom. The summed E-state index contributed by atoms with van der Waals surface area (Å²) in [6.07, 6.45) is 1.77. The number of nitrogens with one attached hydrogen (secondary N) is 1. The van der Waals surface area contributed by atoms with Gasteiger partial charge in [-0.2, -0.15) is 8.75 Å². The molecular formula is C20H22N4O2S. The molecule has 1 amide bonds. The normalized spacial score (nSPS) is 15.9. The van der Waals surface area contributed by atoms with E-state index in [4.69, 9.17) is 0 Å². The smallest absolute Gasteiger partial charge is 0.228 e. The van der Waals surface area contributed by atoms with Crippen LogP contribution in [0.5, 0.6) is 0 Å². The number of anilines is 1. The van der Waals surface area contributed by atoms with Gasteiger partial charge in [0.05, 0.1) is 24.3 Å². The molecule has 2 N–H and O–H groups in total. The Bertz CT molecular complexity index is 934. The number of hydrogen-bond donors (Lipinski definition) is 2. The molecule has 0 unspecified atom stereocenters. The predicted octanol–water partition coefficient (Wildman–Crippen LogP) is 2.83. The SMILES string of the molecule is O=C(Cc1cccc2nsnc12)Nc1cccc(CN2CCC(O)CC2)c1. The summed E-state index contributed by atoms with van der Waals surface area (Å²) in [5.74, 6) is -0.0613. The lowest BCUT2D eigenvalue weighted by atomic mass is 10.1. The molecular weight excluding hydrogens is 360 g/mol. The van der Waals surface area contributed by atoms with Gasteiger partial charge in [0.25, 0.3) is 0 Å². The number of aliphatic hydroxyl groups excluding tert-OH is 1. The highest BCUT2D eigenvalue weighted by Gasteiger charge is 2.17. The van der Waals surface area contributed by atoms with E-state index in [2.05, 4.69) is 25.0 Å². The Hall–Kier alpha value is -2.35. The molecule has 0 saturated carbocycles. The lowest BCUT2D eigenvalue weighted by molar-refractivity contribution is -0.115. The van der Waals surface area contributed by atoms with Crippen LogP contribution in [0.4, 0.5) is 5.69 Å². The van der Waals surface area contributed by atoms with Crippen LogP contribution in [-0.4, -0.2) is 43.9 Å². The van der Waals surface area contributed by atoms with Gasteiger partial charge in [0, 0.05) is 25.3 Å². The Morgan fingerprint density at radius 3 is 2.85 bits per heavy atom. The minimum Gasteiger partial charge on any atom is -0.393 e. The highest BCUT2D eigenvalue weighted by atomic mass is 32.1. The van der Waals surface area contributed by atoms with E-state index in [0.717, 1.165) is 72.1 Å². The van der Waals surface area contributed by atoms with Crippen molar-refractivity contribution in [3.05, 3.63) is 53.6 Å². The third-order valence-corrected chi connectivity index (χ3v) is 5.44. The molecule has 4 rings (SSSR count). The standard InChI is InChI=1S/C20H22N4O2S/c25-17-7-9-24(10-8-17)13-14-3-1-5-16(11-14)21-19(26)12-15-4-2-6-18-20(15)23-27-22-18/h1-6,11,17,25H,7-10,12-13H2,(H,21,26). The van der Waals surface area contributed by atoms with Crippen LogP contribution in [0.3, 0.4) is 0 Å². The van der Waals surface area contributed by atoms with Crippen molar-refractivity contribution in [1.29, 1.82) is 0 Å². The Balaban J connectivity index is 1.39. The van der Waals surface area contributed by atoms with E-state index in [-0.39, 0.29) is 18.4 Å². The summed E-state index contributed by atoms with van der Waals surface area (Å²) in [6.45, 7) is 2.65. The van der Waals surface area contributed by atoms with E-state index in [1.54, 1.807) is 0 Å². The third kappa shape index (κ3) is 4.50. The summed E-state index contributed by atoms with van der Waals surface area (Å²) >= 11 is 1.16. The van der Waals surface area contributed by atoms with E-state index in [9.17, 15) is 9.90 Å². The number of amides is 1. The zero-order chi connectivity index (χ0) is 18.6. The molecule has 7 heteroatoms. The van der Waals surface area contributed by atoms with E-state index < -0.39 is 0 Å². The summed E-state index contributed by atoms with van der Waals surface area (Å²) in [7, 11) is 0. The van der Waals surface area contributed by atoms with Gasteiger partial charge < -0.3 is 10.4 Å². The van der Waals surface area contributed by atoms with Crippen molar-refractivity contribution in [3.8, 4) is 0 Å². The lowest BCUT2D eigenvalue weighted by Gasteiger charge is -2.29. The van der Waals surface area contributed by atoms with Crippen molar-refractivity contribution in [1.82, 2.24) is 13.6 Å². The van der Waals surface area contributed by atoms with Crippen LogP contribution in [-0.2, 0) is 17.8 Å². The minimum atomic E-state index is -0.163. The van der Waals surface area contributed by atoms with Crippen molar-refractivity contribution >= 4 is 34.4 Å².